The van der Waals surface area contributed by atoms with E-state index < -0.39 is 5.41 Å². The summed E-state index contributed by atoms with van der Waals surface area (Å²) < 4.78 is 5.20. The molecular weight excluding hydrogens is 238 g/mol. The van der Waals surface area contributed by atoms with Crippen LogP contribution in [0.25, 0.3) is 0 Å². The van der Waals surface area contributed by atoms with Crippen LogP contribution >= 0.6 is 11.6 Å². The maximum absolute atomic E-state index is 12.2. The Bertz CT molecular complexity index is 414. The van der Waals surface area contributed by atoms with Gasteiger partial charge in [0.2, 0.25) is 0 Å². The van der Waals surface area contributed by atoms with Crippen molar-refractivity contribution in [3.05, 3.63) is 34.9 Å². The Kier molecular flexibility index (Phi) is 3.69. The number of carbonyl (C=O) groups excluding carboxylic acids is 1. The first-order valence-corrected chi connectivity index (χ1v) is 6.21. The number of nitrogens with one attached hydrogen (secondary N) is 1. The van der Waals surface area contributed by atoms with Crippen LogP contribution in [0.4, 0.5) is 0 Å². The molecule has 0 aromatic heterocycles. The average molecular weight is 254 g/mol. The molecule has 1 atom stereocenters. The maximum Gasteiger partial charge on any atom is 0.317 e. The van der Waals surface area contributed by atoms with Gasteiger partial charge in [0, 0.05) is 11.6 Å². The zero-order valence-corrected chi connectivity index (χ0v) is 10.6. The van der Waals surface area contributed by atoms with Gasteiger partial charge in [-0.2, -0.15) is 0 Å². The molecule has 3 nitrogen and oxygen atoms in total. The SMILES string of the molecule is CCOC(=O)C1(c2ccccc2Cl)CCNC1. The Morgan fingerprint density at radius 2 is 2.29 bits per heavy atom. The van der Waals surface area contributed by atoms with Gasteiger partial charge in [-0.1, -0.05) is 29.8 Å². The van der Waals surface area contributed by atoms with Crippen molar-refractivity contribution >= 4 is 17.6 Å². The molecule has 0 radical (unpaired) electrons. The fourth-order valence-electron chi connectivity index (χ4n) is 2.32. The van der Waals surface area contributed by atoms with Crippen LogP contribution in [-0.4, -0.2) is 25.7 Å². The van der Waals surface area contributed by atoms with Crippen molar-refractivity contribution in [2.24, 2.45) is 0 Å². The smallest absolute Gasteiger partial charge is 0.317 e. The molecule has 0 spiro atoms. The van der Waals surface area contributed by atoms with Crippen molar-refractivity contribution in [1.29, 1.82) is 0 Å². The second-order valence-electron chi connectivity index (χ2n) is 4.21. The summed E-state index contributed by atoms with van der Waals surface area (Å²) in [7, 11) is 0. The molecule has 1 heterocycles. The number of hydrogen-bond donors (Lipinski definition) is 1. The van der Waals surface area contributed by atoms with E-state index in [0.29, 0.717) is 18.2 Å². The molecule has 92 valence electrons. The van der Waals surface area contributed by atoms with Crippen molar-refractivity contribution in [2.45, 2.75) is 18.8 Å². The standard InChI is InChI=1S/C13H16ClNO2/c1-2-17-12(16)13(7-8-15-9-13)10-5-3-4-6-11(10)14/h3-6,15H,2,7-9H2,1H3. The largest absolute Gasteiger partial charge is 0.465 e. The van der Waals surface area contributed by atoms with E-state index in [4.69, 9.17) is 16.3 Å². The first-order valence-electron chi connectivity index (χ1n) is 5.83. The number of carbonyl (C=O) groups is 1. The monoisotopic (exact) mass is 253 g/mol. The van der Waals surface area contributed by atoms with E-state index in [9.17, 15) is 4.79 Å². The van der Waals surface area contributed by atoms with Crippen molar-refractivity contribution in [3.8, 4) is 0 Å². The normalized spacial score (nSPS) is 23.6. The minimum atomic E-state index is -0.617. The zero-order valence-electron chi connectivity index (χ0n) is 9.83. The molecule has 0 amide bonds. The summed E-state index contributed by atoms with van der Waals surface area (Å²) in [6.45, 7) is 3.62. The van der Waals surface area contributed by atoms with Gasteiger partial charge in [-0.05, 0) is 31.5 Å². The lowest BCUT2D eigenvalue weighted by Crippen LogP contribution is -2.39. The molecule has 0 aliphatic carbocycles. The van der Waals surface area contributed by atoms with Crippen LogP contribution in [-0.2, 0) is 14.9 Å². The van der Waals surface area contributed by atoms with Crippen LogP contribution in [0.2, 0.25) is 5.02 Å². The Morgan fingerprint density at radius 3 is 2.88 bits per heavy atom. The fraction of sp³-hybridized carbons (Fsp3) is 0.462. The second kappa shape index (κ2) is 5.07. The summed E-state index contributed by atoms with van der Waals surface area (Å²) in [6.07, 6.45) is 0.732. The van der Waals surface area contributed by atoms with E-state index in [0.717, 1.165) is 18.5 Å². The van der Waals surface area contributed by atoms with E-state index in [1.165, 1.54) is 0 Å². The number of rotatable bonds is 3. The van der Waals surface area contributed by atoms with Crippen LogP contribution < -0.4 is 5.32 Å². The molecule has 4 heteroatoms. The summed E-state index contributed by atoms with van der Waals surface area (Å²) in [6, 6.07) is 7.50. The van der Waals surface area contributed by atoms with Gasteiger partial charge in [-0.3, -0.25) is 4.79 Å². The molecule has 1 fully saturated rings. The molecule has 1 saturated heterocycles. The van der Waals surface area contributed by atoms with Gasteiger partial charge in [-0.15, -0.1) is 0 Å². The van der Waals surface area contributed by atoms with Gasteiger partial charge in [0.05, 0.1) is 6.61 Å². The van der Waals surface area contributed by atoms with Crippen molar-refractivity contribution in [3.63, 3.8) is 0 Å². The third-order valence-electron chi connectivity index (χ3n) is 3.21. The summed E-state index contributed by atoms with van der Waals surface area (Å²) in [4.78, 5) is 12.2. The molecule has 1 aliphatic rings. The Labute approximate surface area is 106 Å². The highest BCUT2D eigenvalue weighted by molar-refractivity contribution is 6.31. The first-order chi connectivity index (χ1) is 8.20. The van der Waals surface area contributed by atoms with Crippen LogP contribution in [0.1, 0.15) is 18.9 Å². The highest BCUT2D eigenvalue weighted by Crippen LogP contribution is 2.36. The highest BCUT2D eigenvalue weighted by atomic mass is 35.5. The first kappa shape index (κ1) is 12.4. The molecule has 0 bridgehead atoms. The predicted molar refractivity (Wildman–Crippen MR) is 67.2 cm³/mol. The van der Waals surface area contributed by atoms with Crippen LogP contribution in [0, 0.1) is 0 Å². The van der Waals surface area contributed by atoms with Gasteiger partial charge >= 0.3 is 5.97 Å². The Hall–Kier alpha value is -1.06. The molecule has 2 rings (SSSR count). The third kappa shape index (κ3) is 2.17. The lowest BCUT2D eigenvalue weighted by molar-refractivity contribution is -0.149. The quantitative estimate of drug-likeness (QED) is 0.839. The second-order valence-corrected chi connectivity index (χ2v) is 4.62. The third-order valence-corrected chi connectivity index (χ3v) is 3.54. The zero-order chi connectivity index (χ0) is 12.3. The lowest BCUT2D eigenvalue weighted by Gasteiger charge is -2.27. The van der Waals surface area contributed by atoms with Crippen LogP contribution in [0.15, 0.2) is 24.3 Å². The molecule has 17 heavy (non-hydrogen) atoms. The summed E-state index contributed by atoms with van der Waals surface area (Å²) in [5, 5.41) is 3.85. The minimum Gasteiger partial charge on any atom is -0.465 e. The van der Waals surface area contributed by atoms with E-state index in [2.05, 4.69) is 5.32 Å². The van der Waals surface area contributed by atoms with Gasteiger partial charge in [0.15, 0.2) is 0 Å². The molecule has 1 aromatic carbocycles. The lowest BCUT2D eigenvalue weighted by atomic mass is 9.79. The maximum atomic E-state index is 12.2. The van der Waals surface area contributed by atoms with E-state index in [1.54, 1.807) is 0 Å². The summed E-state index contributed by atoms with van der Waals surface area (Å²) in [5.41, 5.74) is 0.249. The molecule has 0 saturated carbocycles. The number of esters is 1. The molecule has 1 aliphatic heterocycles. The van der Waals surface area contributed by atoms with E-state index in [-0.39, 0.29) is 5.97 Å². The molecule has 1 unspecified atom stereocenters. The number of ether oxygens (including phenoxy) is 1. The van der Waals surface area contributed by atoms with Crippen molar-refractivity contribution < 1.29 is 9.53 Å². The topological polar surface area (TPSA) is 38.3 Å². The van der Waals surface area contributed by atoms with E-state index in [1.807, 2.05) is 31.2 Å². The summed E-state index contributed by atoms with van der Waals surface area (Å²) in [5.74, 6) is -0.182. The number of benzene rings is 1. The summed E-state index contributed by atoms with van der Waals surface area (Å²) >= 11 is 6.20. The van der Waals surface area contributed by atoms with Gasteiger partial charge in [0.1, 0.15) is 5.41 Å². The van der Waals surface area contributed by atoms with Gasteiger partial charge < -0.3 is 10.1 Å². The van der Waals surface area contributed by atoms with Crippen LogP contribution in [0.3, 0.4) is 0 Å². The fourth-order valence-corrected chi connectivity index (χ4v) is 2.64. The molecule has 1 aromatic rings. The van der Waals surface area contributed by atoms with Crippen molar-refractivity contribution in [2.75, 3.05) is 19.7 Å². The molecular formula is C13H16ClNO2. The minimum absolute atomic E-state index is 0.182. The number of hydrogen-bond acceptors (Lipinski definition) is 3. The van der Waals surface area contributed by atoms with Crippen molar-refractivity contribution in [1.82, 2.24) is 5.32 Å². The van der Waals surface area contributed by atoms with E-state index >= 15 is 0 Å². The number of halogens is 1. The van der Waals surface area contributed by atoms with Gasteiger partial charge in [-0.25, -0.2) is 0 Å². The Morgan fingerprint density at radius 1 is 1.53 bits per heavy atom. The van der Waals surface area contributed by atoms with Gasteiger partial charge in [0.25, 0.3) is 0 Å². The predicted octanol–water partition coefficient (Wildman–Crippen LogP) is 2.13. The Balaban J connectivity index is 2.41. The molecule has 1 N–H and O–H groups in total. The van der Waals surface area contributed by atoms with Crippen LogP contribution in [0.5, 0.6) is 0 Å². The highest BCUT2D eigenvalue weighted by Gasteiger charge is 2.45. The average Bonchev–Trinajstić information content (AvgIpc) is 2.80.